The first-order chi connectivity index (χ1) is 18.6. The van der Waals surface area contributed by atoms with Crippen molar-refractivity contribution in [1.82, 2.24) is 30.5 Å². The quantitative estimate of drug-likeness (QED) is 0.389. The Morgan fingerprint density at radius 3 is 2.63 bits per heavy atom. The second-order valence-corrected chi connectivity index (χ2v) is 12.1. The number of H-pyrrole nitrogens is 1. The molecule has 1 aromatic carbocycles. The molecule has 2 atom stereocenters. The molecule has 8 nitrogen and oxygen atoms in total. The van der Waals surface area contributed by atoms with Gasteiger partial charge in [0.1, 0.15) is 5.82 Å². The van der Waals surface area contributed by atoms with Gasteiger partial charge in [-0.25, -0.2) is 0 Å². The number of piperazine rings is 1. The summed E-state index contributed by atoms with van der Waals surface area (Å²) < 4.78 is 5.69. The molecule has 5 aliphatic rings. The first-order valence-corrected chi connectivity index (χ1v) is 14.2. The summed E-state index contributed by atoms with van der Waals surface area (Å²) in [5.74, 6) is 1.48. The fourth-order valence-electron chi connectivity index (χ4n) is 7.49. The van der Waals surface area contributed by atoms with Crippen LogP contribution in [0.3, 0.4) is 0 Å². The molecule has 4 aromatic rings. The summed E-state index contributed by atoms with van der Waals surface area (Å²) in [4.78, 5) is 17.6. The number of ether oxygens (including phenoxy) is 1. The summed E-state index contributed by atoms with van der Waals surface area (Å²) in [7, 11) is 1.67. The van der Waals surface area contributed by atoms with Gasteiger partial charge in [-0.3, -0.25) is 10.1 Å². The van der Waals surface area contributed by atoms with Crippen molar-refractivity contribution in [3.05, 3.63) is 46.4 Å². The average Bonchev–Trinajstić information content (AvgIpc) is 3.83. The largest absolute Gasteiger partial charge is 0.467 e. The fourth-order valence-corrected chi connectivity index (χ4v) is 7.85. The molecule has 0 amide bonds. The Kier molecular flexibility index (Phi) is 4.25. The lowest BCUT2D eigenvalue weighted by molar-refractivity contribution is 0.376. The molecule has 2 bridgehead atoms. The number of nitrogens with zero attached hydrogens (tertiary/aromatic N) is 5. The number of nitrogens with one attached hydrogen (secondary N) is 2. The van der Waals surface area contributed by atoms with Crippen LogP contribution >= 0.6 is 11.6 Å². The lowest BCUT2D eigenvalue weighted by Gasteiger charge is -2.34. The maximum atomic E-state index is 6.95. The molecule has 3 aliphatic carbocycles. The van der Waals surface area contributed by atoms with Crippen LogP contribution in [0.1, 0.15) is 61.3 Å². The van der Waals surface area contributed by atoms with Gasteiger partial charge in [0.2, 0.25) is 0 Å². The SMILES string of the molecule is COc1nc(N2CC3CCC(C2)N3)c2c(n1)C1(CC1)c1c-2ccnc1-c1c(C2CC2)c(Cl)cc2[nH]ncc12. The molecule has 2 aliphatic heterocycles. The van der Waals surface area contributed by atoms with Crippen molar-refractivity contribution in [2.24, 2.45) is 0 Å². The highest BCUT2D eigenvalue weighted by molar-refractivity contribution is 6.33. The predicted molar refractivity (Wildman–Crippen MR) is 146 cm³/mol. The second-order valence-electron chi connectivity index (χ2n) is 11.7. The number of hydrogen-bond donors (Lipinski definition) is 2. The van der Waals surface area contributed by atoms with E-state index in [2.05, 4.69) is 26.5 Å². The molecular formula is C29H28ClN7O. The highest BCUT2D eigenvalue weighted by Gasteiger charge is 2.57. The maximum absolute atomic E-state index is 6.95. The highest BCUT2D eigenvalue weighted by Crippen LogP contribution is 2.66. The van der Waals surface area contributed by atoms with E-state index in [1.807, 2.05) is 18.5 Å². The molecular weight excluding hydrogens is 498 g/mol. The summed E-state index contributed by atoms with van der Waals surface area (Å²) in [5, 5.41) is 13.2. The minimum Gasteiger partial charge on any atom is -0.467 e. The molecule has 38 heavy (non-hydrogen) atoms. The molecule has 0 radical (unpaired) electrons. The first kappa shape index (κ1) is 21.7. The van der Waals surface area contributed by atoms with E-state index in [-0.39, 0.29) is 5.41 Å². The van der Waals surface area contributed by atoms with Crippen molar-refractivity contribution >= 4 is 28.3 Å². The number of aromatic amines is 1. The lowest BCUT2D eigenvalue weighted by Crippen LogP contribution is -2.51. The molecule has 4 fully saturated rings. The molecule has 9 heteroatoms. The van der Waals surface area contributed by atoms with Crippen LogP contribution in [0.2, 0.25) is 5.02 Å². The van der Waals surface area contributed by atoms with Crippen LogP contribution < -0.4 is 15.0 Å². The summed E-state index contributed by atoms with van der Waals surface area (Å²) in [6, 6.07) is 5.68. The Hall–Kier alpha value is -3.23. The number of methoxy groups -OCH3 is 1. The van der Waals surface area contributed by atoms with Crippen LogP contribution in [-0.4, -0.2) is 57.4 Å². The standard InChI is InChI=1S/C29H28ClN7O/c1-38-28-34-26-23(27(35-28)37-12-15-4-5-16(13-37)33-15)17-6-9-31-25(24(17)29(26)7-8-29)22-18-11-32-36-20(18)10-19(30)21(22)14-2-3-14/h6,9-11,14-16,33H,2-5,7-8,12-13H2,1H3,(H,32,36). The van der Waals surface area contributed by atoms with Gasteiger partial charge in [-0.1, -0.05) is 11.6 Å². The lowest BCUT2D eigenvalue weighted by atomic mass is 9.88. The summed E-state index contributed by atoms with van der Waals surface area (Å²) >= 11 is 6.95. The van der Waals surface area contributed by atoms with Gasteiger partial charge in [0.15, 0.2) is 0 Å². The van der Waals surface area contributed by atoms with Gasteiger partial charge in [0, 0.05) is 58.3 Å². The van der Waals surface area contributed by atoms with Crippen LogP contribution in [-0.2, 0) is 5.41 Å². The molecule has 192 valence electrons. The molecule has 2 saturated carbocycles. The van der Waals surface area contributed by atoms with Gasteiger partial charge in [0.25, 0.3) is 0 Å². The van der Waals surface area contributed by atoms with Gasteiger partial charge in [-0.2, -0.15) is 15.1 Å². The van der Waals surface area contributed by atoms with Crippen LogP contribution in [0, 0.1) is 0 Å². The van der Waals surface area contributed by atoms with E-state index in [0.717, 1.165) is 77.5 Å². The normalized spacial score (nSPS) is 24.2. The van der Waals surface area contributed by atoms with E-state index in [0.29, 0.717) is 24.0 Å². The summed E-state index contributed by atoms with van der Waals surface area (Å²) in [6.45, 7) is 1.91. The number of fused-ring (bicyclic) bond motifs is 8. The Balaban J connectivity index is 1.31. The molecule has 3 aromatic heterocycles. The summed E-state index contributed by atoms with van der Waals surface area (Å²) in [6.07, 6.45) is 10.7. The number of halogens is 1. The average molecular weight is 526 g/mol. The second kappa shape index (κ2) is 7.45. The van der Waals surface area contributed by atoms with Gasteiger partial charge in [-0.15, -0.1) is 0 Å². The third-order valence-corrected chi connectivity index (χ3v) is 9.74. The van der Waals surface area contributed by atoms with Crippen molar-refractivity contribution in [3.8, 4) is 28.4 Å². The minimum absolute atomic E-state index is 0.161. The maximum Gasteiger partial charge on any atom is 0.318 e. The Bertz CT molecular complexity index is 1640. The van der Waals surface area contributed by atoms with Crippen molar-refractivity contribution < 1.29 is 4.74 Å². The third-order valence-electron chi connectivity index (χ3n) is 9.43. The van der Waals surface area contributed by atoms with E-state index in [9.17, 15) is 0 Å². The van der Waals surface area contributed by atoms with Gasteiger partial charge in [-0.05, 0) is 73.3 Å². The van der Waals surface area contributed by atoms with Crippen molar-refractivity contribution in [2.45, 2.75) is 61.9 Å². The van der Waals surface area contributed by atoms with Crippen LogP contribution in [0.4, 0.5) is 5.82 Å². The number of hydrogen-bond acceptors (Lipinski definition) is 7. The van der Waals surface area contributed by atoms with Crippen molar-refractivity contribution in [3.63, 3.8) is 0 Å². The van der Waals surface area contributed by atoms with E-state index in [4.69, 9.17) is 31.3 Å². The topological polar surface area (TPSA) is 91.9 Å². The number of benzene rings is 1. The van der Waals surface area contributed by atoms with E-state index in [1.165, 1.54) is 35.1 Å². The summed E-state index contributed by atoms with van der Waals surface area (Å²) in [5.41, 5.74) is 8.94. The van der Waals surface area contributed by atoms with Crippen LogP contribution in [0.25, 0.3) is 33.3 Å². The van der Waals surface area contributed by atoms with E-state index < -0.39 is 0 Å². The smallest absolute Gasteiger partial charge is 0.318 e. The fraction of sp³-hybridized carbons (Fsp3) is 0.448. The Labute approximate surface area is 225 Å². The Morgan fingerprint density at radius 1 is 1.08 bits per heavy atom. The van der Waals surface area contributed by atoms with Crippen LogP contribution in [0.5, 0.6) is 6.01 Å². The van der Waals surface area contributed by atoms with Crippen molar-refractivity contribution in [1.29, 1.82) is 0 Å². The van der Waals surface area contributed by atoms with E-state index >= 15 is 0 Å². The Morgan fingerprint density at radius 2 is 1.89 bits per heavy atom. The number of rotatable bonds is 4. The molecule has 2 saturated heterocycles. The first-order valence-electron chi connectivity index (χ1n) is 13.8. The molecule has 2 N–H and O–H groups in total. The highest BCUT2D eigenvalue weighted by atomic mass is 35.5. The molecule has 9 rings (SSSR count). The zero-order chi connectivity index (χ0) is 25.2. The van der Waals surface area contributed by atoms with Gasteiger partial charge < -0.3 is 15.0 Å². The number of anilines is 1. The third kappa shape index (κ3) is 2.85. The van der Waals surface area contributed by atoms with Gasteiger partial charge in [0.05, 0.1) is 30.2 Å². The number of aromatic nitrogens is 5. The molecule has 5 heterocycles. The van der Waals surface area contributed by atoms with E-state index in [1.54, 1.807) is 7.11 Å². The molecule has 2 unspecified atom stereocenters. The predicted octanol–water partition coefficient (Wildman–Crippen LogP) is 4.96. The molecule has 1 spiro atoms. The zero-order valence-electron chi connectivity index (χ0n) is 21.2. The van der Waals surface area contributed by atoms with Gasteiger partial charge >= 0.3 is 6.01 Å². The van der Waals surface area contributed by atoms with Crippen LogP contribution in [0.15, 0.2) is 24.5 Å². The minimum atomic E-state index is -0.161. The monoisotopic (exact) mass is 525 g/mol. The zero-order valence-corrected chi connectivity index (χ0v) is 22.0. The number of pyridine rings is 1. The van der Waals surface area contributed by atoms with Crippen molar-refractivity contribution in [2.75, 3.05) is 25.1 Å².